The first-order valence-corrected chi connectivity index (χ1v) is 8.31. The van der Waals surface area contributed by atoms with E-state index in [1.165, 1.54) is 10.5 Å². The van der Waals surface area contributed by atoms with Crippen molar-refractivity contribution < 1.29 is 8.42 Å². The number of sulfonamides is 1. The van der Waals surface area contributed by atoms with Gasteiger partial charge in [-0.05, 0) is 34.3 Å². The van der Waals surface area contributed by atoms with Gasteiger partial charge in [-0.1, -0.05) is 13.8 Å². The summed E-state index contributed by atoms with van der Waals surface area (Å²) < 4.78 is 26.5. The van der Waals surface area contributed by atoms with E-state index in [1.54, 1.807) is 19.3 Å². The minimum atomic E-state index is -3.50. The number of rotatable bonds is 6. The normalized spacial score (nSPS) is 14.1. The van der Waals surface area contributed by atoms with Crippen LogP contribution >= 0.6 is 15.9 Å². The molecule has 0 saturated carbocycles. The number of nitrogens with two attached hydrogens (primary N) is 1. The molecule has 0 bridgehead atoms. The molecule has 1 aromatic heterocycles. The van der Waals surface area contributed by atoms with Gasteiger partial charge in [-0.25, -0.2) is 12.7 Å². The predicted molar refractivity (Wildman–Crippen MR) is 79.2 cm³/mol. The molecule has 5 nitrogen and oxygen atoms in total. The SMILES string of the molecule is CC(C)C(N)CCN(C)S(=O)(=O)c1cncc(Br)c1. The maximum atomic E-state index is 12.3. The van der Waals surface area contributed by atoms with Crippen molar-refractivity contribution in [2.24, 2.45) is 11.7 Å². The van der Waals surface area contributed by atoms with Crippen LogP contribution in [-0.2, 0) is 10.0 Å². The molecule has 2 N–H and O–H groups in total. The van der Waals surface area contributed by atoms with Crippen LogP contribution in [-0.4, -0.2) is 37.3 Å². The molecule has 7 heteroatoms. The van der Waals surface area contributed by atoms with Gasteiger partial charge in [0.05, 0.1) is 0 Å². The average molecular weight is 350 g/mol. The number of pyridine rings is 1. The summed E-state index contributed by atoms with van der Waals surface area (Å²) in [6, 6.07) is 1.54. The zero-order valence-electron chi connectivity index (χ0n) is 11.4. The monoisotopic (exact) mass is 349 g/mol. The van der Waals surface area contributed by atoms with Crippen LogP contribution in [0, 0.1) is 5.92 Å². The summed E-state index contributed by atoms with van der Waals surface area (Å²) in [5, 5.41) is 0. The average Bonchev–Trinajstić information content (AvgIpc) is 2.35. The topological polar surface area (TPSA) is 76.3 Å². The van der Waals surface area contributed by atoms with Crippen molar-refractivity contribution in [3.05, 3.63) is 22.9 Å². The summed E-state index contributed by atoms with van der Waals surface area (Å²) in [6.07, 6.45) is 3.53. The fraction of sp³-hybridized carbons (Fsp3) is 0.583. The van der Waals surface area contributed by atoms with E-state index in [4.69, 9.17) is 5.73 Å². The van der Waals surface area contributed by atoms with Gasteiger partial charge in [0.1, 0.15) is 4.90 Å². The van der Waals surface area contributed by atoms with Crippen molar-refractivity contribution in [3.63, 3.8) is 0 Å². The fourth-order valence-corrected chi connectivity index (χ4v) is 3.19. The predicted octanol–water partition coefficient (Wildman–Crippen LogP) is 1.84. The Balaban J connectivity index is 2.78. The van der Waals surface area contributed by atoms with Crippen LogP contribution in [0.15, 0.2) is 27.8 Å². The molecule has 1 aromatic rings. The van der Waals surface area contributed by atoms with Gasteiger partial charge in [0.2, 0.25) is 10.0 Å². The molecule has 0 radical (unpaired) electrons. The highest BCUT2D eigenvalue weighted by molar-refractivity contribution is 9.10. The van der Waals surface area contributed by atoms with Crippen molar-refractivity contribution >= 4 is 26.0 Å². The van der Waals surface area contributed by atoms with E-state index in [0.717, 1.165) is 0 Å². The molecule has 0 saturated heterocycles. The second-order valence-electron chi connectivity index (χ2n) is 4.86. The molecule has 0 aromatic carbocycles. The number of nitrogens with zero attached hydrogens (tertiary/aromatic N) is 2. The van der Waals surface area contributed by atoms with Crippen molar-refractivity contribution in [2.45, 2.75) is 31.2 Å². The summed E-state index contributed by atoms with van der Waals surface area (Å²) in [5.41, 5.74) is 5.93. The van der Waals surface area contributed by atoms with Crippen LogP contribution in [0.5, 0.6) is 0 Å². The Morgan fingerprint density at radius 2 is 2.05 bits per heavy atom. The summed E-state index contributed by atoms with van der Waals surface area (Å²) in [4.78, 5) is 4.06. The Morgan fingerprint density at radius 1 is 1.42 bits per heavy atom. The summed E-state index contributed by atoms with van der Waals surface area (Å²) in [6.45, 7) is 4.45. The van der Waals surface area contributed by atoms with Crippen molar-refractivity contribution in [2.75, 3.05) is 13.6 Å². The van der Waals surface area contributed by atoms with Gasteiger partial charge in [0.25, 0.3) is 0 Å². The van der Waals surface area contributed by atoms with Gasteiger partial charge in [-0.2, -0.15) is 0 Å². The van der Waals surface area contributed by atoms with Crippen LogP contribution in [0.1, 0.15) is 20.3 Å². The van der Waals surface area contributed by atoms with Crippen LogP contribution < -0.4 is 5.73 Å². The Labute approximate surface area is 123 Å². The Bertz CT molecular complexity index is 519. The first kappa shape index (κ1) is 16.6. The first-order valence-electron chi connectivity index (χ1n) is 6.07. The zero-order chi connectivity index (χ0) is 14.6. The van der Waals surface area contributed by atoms with Gasteiger partial charge in [0.15, 0.2) is 0 Å². The third-order valence-electron chi connectivity index (χ3n) is 3.02. The van der Waals surface area contributed by atoms with E-state index < -0.39 is 10.0 Å². The molecule has 19 heavy (non-hydrogen) atoms. The number of halogens is 1. The summed E-state index contributed by atoms with van der Waals surface area (Å²) in [5.74, 6) is 0.337. The summed E-state index contributed by atoms with van der Waals surface area (Å²) in [7, 11) is -1.94. The molecule has 1 unspecified atom stereocenters. The van der Waals surface area contributed by atoms with Crippen LogP contribution in [0.2, 0.25) is 0 Å². The Morgan fingerprint density at radius 3 is 2.58 bits per heavy atom. The minimum Gasteiger partial charge on any atom is -0.327 e. The lowest BCUT2D eigenvalue weighted by Gasteiger charge is -2.21. The molecular formula is C12H20BrN3O2S. The highest BCUT2D eigenvalue weighted by Gasteiger charge is 2.22. The molecule has 0 aliphatic rings. The van der Waals surface area contributed by atoms with E-state index in [-0.39, 0.29) is 10.9 Å². The molecule has 1 heterocycles. The molecule has 0 fully saturated rings. The largest absolute Gasteiger partial charge is 0.327 e. The van der Waals surface area contributed by atoms with Gasteiger partial charge < -0.3 is 5.73 Å². The molecule has 1 atom stereocenters. The van der Waals surface area contributed by atoms with Crippen LogP contribution in [0.4, 0.5) is 0 Å². The maximum absolute atomic E-state index is 12.3. The third kappa shape index (κ3) is 4.52. The molecule has 108 valence electrons. The molecule has 0 aliphatic heterocycles. The second-order valence-corrected chi connectivity index (χ2v) is 7.82. The minimum absolute atomic E-state index is 0.00159. The highest BCUT2D eigenvalue weighted by Crippen LogP contribution is 2.18. The quantitative estimate of drug-likeness (QED) is 0.849. The Hall–Kier alpha value is -0.500. The standard InChI is InChI=1S/C12H20BrN3O2S/c1-9(2)12(14)4-5-16(3)19(17,18)11-6-10(13)7-15-8-11/h6-9,12H,4-5,14H2,1-3H3. The van der Waals surface area contributed by atoms with Gasteiger partial charge in [-0.3, -0.25) is 4.98 Å². The van der Waals surface area contributed by atoms with Crippen molar-refractivity contribution in [1.29, 1.82) is 0 Å². The lowest BCUT2D eigenvalue weighted by molar-refractivity contribution is 0.397. The van der Waals surface area contributed by atoms with Crippen molar-refractivity contribution in [1.82, 2.24) is 9.29 Å². The van der Waals surface area contributed by atoms with Crippen LogP contribution in [0.3, 0.4) is 0 Å². The smallest absolute Gasteiger partial charge is 0.244 e. The molecule has 0 spiro atoms. The number of hydrogen-bond acceptors (Lipinski definition) is 4. The van der Waals surface area contributed by atoms with E-state index in [1.807, 2.05) is 13.8 Å². The maximum Gasteiger partial charge on any atom is 0.244 e. The number of aromatic nitrogens is 1. The van der Waals surface area contributed by atoms with Gasteiger partial charge in [0, 0.05) is 36.5 Å². The molecule has 0 amide bonds. The Kier molecular flexibility index (Phi) is 5.91. The van der Waals surface area contributed by atoms with E-state index >= 15 is 0 Å². The lowest BCUT2D eigenvalue weighted by atomic mass is 10.0. The van der Waals surface area contributed by atoms with E-state index in [2.05, 4.69) is 20.9 Å². The van der Waals surface area contributed by atoms with E-state index in [0.29, 0.717) is 23.4 Å². The molecular weight excluding hydrogens is 330 g/mol. The highest BCUT2D eigenvalue weighted by atomic mass is 79.9. The summed E-state index contributed by atoms with van der Waals surface area (Å²) >= 11 is 3.22. The third-order valence-corrected chi connectivity index (χ3v) is 5.28. The van der Waals surface area contributed by atoms with Crippen molar-refractivity contribution in [3.8, 4) is 0 Å². The second kappa shape index (κ2) is 6.78. The fourth-order valence-electron chi connectivity index (χ4n) is 1.50. The van der Waals surface area contributed by atoms with Gasteiger partial charge >= 0.3 is 0 Å². The number of hydrogen-bond donors (Lipinski definition) is 1. The molecule has 1 rings (SSSR count). The first-order chi connectivity index (χ1) is 8.75. The lowest BCUT2D eigenvalue weighted by Crippen LogP contribution is -2.34. The van der Waals surface area contributed by atoms with E-state index in [9.17, 15) is 8.42 Å². The molecule has 0 aliphatic carbocycles. The zero-order valence-corrected chi connectivity index (χ0v) is 13.8. The van der Waals surface area contributed by atoms with Gasteiger partial charge in [-0.15, -0.1) is 0 Å². The van der Waals surface area contributed by atoms with Crippen LogP contribution in [0.25, 0.3) is 0 Å².